The molecule has 0 aromatic heterocycles. The molecule has 6 rings (SSSR count). The highest BCUT2D eigenvalue weighted by Crippen LogP contribution is 2.73. The molecule has 0 bridgehead atoms. The minimum absolute atomic E-state index is 0.0824. The predicted octanol–water partition coefficient (Wildman–Crippen LogP) is 4.82. The van der Waals surface area contributed by atoms with Gasteiger partial charge in [0.1, 0.15) is 11.4 Å². The van der Waals surface area contributed by atoms with Crippen molar-refractivity contribution in [1.29, 1.82) is 0 Å². The number of rotatable bonds is 1. The average Bonchev–Trinajstić information content (AvgIpc) is 3.04. The summed E-state index contributed by atoms with van der Waals surface area (Å²) >= 11 is 0. The standard InChI is InChI=1S/C28H32O3/c1-4-28(30)12-10-24-22-7-5-18-14-19(29)9-11-27(18)15-17-13-20(31-3)6-8-21(17)23(25(22)27)16-26(24,28)2/h1,6,8,13-14,22-25,30H,5,7,9-12,15-16H2,2-3H3/t22-,23?,24-,25?,26-,27+,28-/m0/s1. The topological polar surface area (TPSA) is 46.5 Å². The highest BCUT2D eigenvalue weighted by Gasteiger charge is 2.68. The lowest BCUT2D eigenvalue weighted by molar-refractivity contribution is -0.126. The Morgan fingerprint density at radius 2 is 2.06 bits per heavy atom. The number of benzene rings is 1. The van der Waals surface area contributed by atoms with E-state index in [-0.39, 0.29) is 10.8 Å². The van der Waals surface area contributed by atoms with Crippen molar-refractivity contribution in [2.45, 2.75) is 69.8 Å². The number of terminal acetylenes is 1. The maximum atomic E-state index is 12.4. The first kappa shape index (κ1) is 19.6. The lowest BCUT2D eigenvalue weighted by Gasteiger charge is -2.64. The van der Waals surface area contributed by atoms with E-state index in [1.165, 1.54) is 16.7 Å². The van der Waals surface area contributed by atoms with Crippen molar-refractivity contribution in [2.75, 3.05) is 7.11 Å². The van der Waals surface area contributed by atoms with E-state index in [1.807, 2.05) is 6.08 Å². The molecule has 31 heavy (non-hydrogen) atoms. The Bertz CT molecular complexity index is 1050. The normalized spacial score (nSPS) is 44.8. The first-order chi connectivity index (χ1) is 14.8. The Hall–Kier alpha value is -2.05. The molecule has 1 N–H and O–H groups in total. The lowest BCUT2D eigenvalue weighted by Crippen LogP contribution is -2.59. The van der Waals surface area contributed by atoms with E-state index in [1.54, 1.807) is 7.11 Å². The molecule has 3 fully saturated rings. The summed E-state index contributed by atoms with van der Waals surface area (Å²) in [4.78, 5) is 12.4. The van der Waals surface area contributed by atoms with Crippen molar-refractivity contribution in [3.63, 3.8) is 0 Å². The van der Waals surface area contributed by atoms with Crippen LogP contribution in [0.4, 0.5) is 0 Å². The van der Waals surface area contributed by atoms with Crippen LogP contribution in [-0.2, 0) is 11.2 Å². The number of fused-ring (bicyclic) bond motifs is 4. The molecule has 3 saturated carbocycles. The van der Waals surface area contributed by atoms with Gasteiger partial charge in [0.05, 0.1) is 7.11 Å². The van der Waals surface area contributed by atoms with Crippen LogP contribution in [0.1, 0.15) is 68.9 Å². The van der Waals surface area contributed by atoms with Gasteiger partial charge < -0.3 is 9.84 Å². The molecule has 1 aromatic rings. The first-order valence-electron chi connectivity index (χ1n) is 12.0. The third kappa shape index (κ3) is 2.33. The Balaban J connectivity index is 1.57. The van der Waals surface area contributed by atoms with E-state index in [4.69, 9.17) is 11.2 Å². The fourth-order valence-corrected chi connectivity index (χ4v) is 8.96. The third-order valence-electron chi connectivity index (χ3n) is 10.3. The van der Waals surface area contributed by atoms with Gasteiger partial charge in [-0.25, -0.2) is 0 Å². The zero-order chi connectivity index (χ0) is 21.6. The Morgan fingerprint density at radius 3 is 2.84 bits per heavy atom. The minimum Gasteiger partial charge on any atom is -0.497 e. The first-order valence-corrected chi connectivity index (χ1v) is 12.0. The SMILES string of the molecule is C#C[C@]1(O)CC[C@H]2[C@@H]3CCC4=CC(=O)CC[C@@]45Cc4cc(OC)ccc4C(C[C@@]21C)C35. The monoisotopic (exact) mass is 416 g/mol. The Labute approximate surface area is 185 Å². The maximum absolute atomic E-state index is 12.4. The van der Waals surface area contributed by atoms with E-state index in [2.05, 4.69) is 31.0 Å². The number of methoxy groups -OCH3 is 1. The molecular formula is C28H32O3. The molecule has 5 aliphatic rings. The molecule has 7 atom stereocenters. The molecule has 3 heteroatoms. The molecule has 1 spiro atoms. The van der Waals surface area contributed by atoms with Gasteiger partial charge in [-0.2, -0.15) is 0 Å². The zero-order valence-electron chi connectivity index (χ0n) is 18.6. The number of carbonyl (C=O) groups is 1. The van der Waals surface area contributed by atoms with Crippen molar-refractivity contribution in [1.82, 2.24) is 0 Å². The van der Waals surface area contributed by atoms with Gasteiger partial charge in [-0.15, -0.1) is 6.42 Å². The lowest BCUT2D eigenvalue weighted by atomic mass is 9.39. The molecule has 0 radical (unpaired) electrons. The van der Waals surface area contributed by atoms with Crippen LogP contribution in [0.3, 0.4) is 0 Å². The summed E-state index contributed by atoms with van der Waals surface area (Å²) in [5.74, 6) is 5.97. The van der Waals surface area contributed by atoms with E-state index < -0.39 is 5.60 Å². The van der Waals surface area contributed by atoms with Crippen LogP contribution in [-0.4, -0.2) is 23.6 Å². The van der Waals surface area contributed by atoms with Crippen molar-refractivity contribution in [2.24, 2.45) is 28.6 Å². The number of hydrogen-bond donors (Lipinski definition) is 1. The summed E-state index contributed by atoms with van der Waals surface area (Å²) in [6.07, 6.45) is 15.4. The largest absolute Gasteiger partial charge is 0.497 e. The van der Waals surface area contributed by atoms with Gasteiger partial charge in [0.15, 0.2) is 5.78 Å². The number of allylic oxidation sites excluding steroid dienone is 1. The number of carbonyl (C=O) groups excluding carboxylic acids is 1. The molecule has 0 amide bonds. The molecule has 3 nitrogen and oxygen atoms in total. The second-order valence-corrected chi connectivity index (χ2v) is 11.1. The number of ketones is 1. The van der Waals surface area contributed by atoms with Crippen LogP contribution in [0, 0.1) is 40.9 Å². The maximum Gasteiger partial charge on any atom is 0.155 e. The van der Waals surface area contributed by atoms with Crippen LogP contribution in [0.25, 0.3) is 0 Å². The van der Waals surface area contributed by atoms with E-state index in [0.717, 1.165) is 44.3 Å². The van der Waals surface area contributed by atoms with Gasteiger partial charge in [0.2, 0.25) is 0 Å². The fraction of sp³-hybridized carbons (Fsp3) is 0.607. The van der Waals surface area contributed by atoms with Crippen molar-refractivity contribution in [3.8, 4) is 18.1 Å². The minimum atomic E-state index is -1.02. The third-order valence-corrected chi connectivity index (χ3v) is 10.3. The molecular weight excluding hydrogens is 384 g/mol. The van der Waals surface area contributed by atoms with E-state index in [0.29, 0.717) is 42.3 Å². The summed E-state index contributed by atoms with van der Waals surface area (Å²) in [6, 6.07) is 6.57. The van der Waals surface area contributed by atoms with E-state index >= 15 is 0 Å². The van der Waals surface area contributed by atoms with Crippen LogP contribution in [0.2, 0.25) is 0 Å². The van der Waals surface area contributed by atoms with Gasteiger partial charge in [0, 0.05) is 11.8 Å². The number of aliphatic hydroxyl groups is 1. The van der Waals surface area contributed by atoms with Gasteiger partial charge in [-0.3, -0.25) is 4.79 Å². The van der Waals surface area contributed by atoms with Gasteiger partial charge >= 0.3 is 0 Å². The second-order valence-electron chi connectivity index (χ2n) is 11.1. The van der Waals surface area contributed by atoms with E-state index in [9.17, 15) is 9.90 Å². The van der Waals surface area contributed by atoms with Crippen LogP contribution in [0.15, 0.2) is 29.8 Å². The van der Waals surface area contributed by atoms with Crippen LogP contribution >= 0.6 is 0 Å². The molecule has 5 aliphatic carbocycles. The molecule has 2 unspecified atom stereocenters. The molecule has 0 heterocycles. The predicted molar refractivity (Wildman–Crippen MR) is 120 cm³/mol. The highest BCUT2D eigenvalue weighted by atomic mass is 16.5. The summed E-state index contributed by atoms with van der Waals surface area (Å²) in [5.41, 5.74) is 3.00. The summed E-state index contributed by atoms with van der Waals surface area (Å²) in [7, 11) is 1.73. The molecule has 0 aliphatic heterocycles. The summed E-state index contributed by atoms with van der Waals surface area (Å²) < 4.78 is 5.58. The quantitative estimate of drug-likeness (QED) is 0.668. The van der Waals surface area contributed by atoms with Gasteiger partial charge in [-0.05, 0) is 103 Å². The number of ether oxygens (including phenoxy) is 1. The Kier molecular flexibility index (Phi) is 3.96. The molecule has 1 aromatic carbocycles. The van der Waals surface area contributed by atoms with Crippen LogP contribution < -0.4 is 4.74 Å². The molecule has 162 valence electrons. The summed E-state index contributed by atoms with van der Waals surface area (Å²) in [6.45, 7) is 2.26. The molecule has 0 saturated heterocycles. The van der Waals surface area contributed by atoms with Crippen molar-refractivity contribution in [3.05, 3.63) is 41.0 Å². The number of hydrogen-bond acceptors (Lipinski definition) is 3. The van der Waals surface area contributed by atoms with Gasteiger partial charge in [0.25, 0.3) is 0 Å². The fourth-order valence-electron chi connectivity index (χ4n) is 8.96. The van der Waals surface area contributed by atoms with Crippen LogP contribution in [0.5, 0.6) is 5.75 Å². The van der Waals surface area contributed by atoms with Gasteiger partial charge in [-0.1, -0.05) is 24.5 Å². The Morgan fingerprint density at radius 1 is 1.23 bits per heavy atom. The smallest absolute Gasteiger partial charge is 0.155 e. The average molecular weight is 417 g/mol. The van der Waals surface area contributed by atoms with Crippen molar-refractivity contribution < 1.29 is 14.6 Å². The summed E-state index contributed by atoms with van der Waals surface area (Å²) in [5, 5.41) is 11.5. The van der Waals surface area contributed by atoms with Crippen molar-refractivity contribution >= 4 is 5.78 Å². The zero-order valence-corrected chi connectivity index (χ0v) is 18.6. The second kappa shape index (κ2) is 6.26. The highest BCUT2D eigenvalue weighted by molar-refractivity contribution is 5.91.